The molecule has 0 bridgehead atoms. The molecule has 134 valence electrons. The van der Waals surface area contributed by atoms with Crippen molar-refractivity contribution in [2.75, 3.05) is 44.3 Å². The maximum Gasteiger partial charge on any atom is 0.223 e. The summed E-state index contributed by atoms with van der Waals surface area (Å²) in [5.74, 6) is 1.82. The Morgan fingerprint density at radius 2 is 1.88 bits per heavy atom. The Bertz CT molecular complexity index is 743. The Morgan fingerprint density at radius 3 is 2.60 bits per heavy atom. The quantitative estimate of drug-likeness (QED) is 0.856. The van der Waals surface area contributed by atoms with Gasteiger partial charge in [-0.1, -0.05) is 12.1 Å². The second-order valence-corrected chi connectivity index (χ2v) is 7.09. The molecule has 1 aromatic heterocycles. The number of ether oxygens (including phenoxy) is 1. The molecule has 0 unspecified atom stereocenters. The molecule has 0 saturated carbocycles. The van der Waals surface area contributed by atoms with E-state index in [-0.39, 0.29) is 0 Å². The first-order chi connectivity index (χ1) is 12.2. The molecular formula is C19H26N4O2. The highest BCUT2D eigenvalue weighted by atomic mass is 16.5. The van der Waals surface area contributed by atoms with E-state index in [0.29, 0.717) is 31.5 Å². The monoisotopic (exact) mass is 342 g/mol. The van der Waals surface area contributed by atoms with Crippen molar-refractivity contribution in [1.29, 1.82) is 0 Å². The van der Waals surface area contributed by atoms with Crippen LogP contribution in [0.15, 0.2) is 24.3 Å². The minimum atomic E-state index is 0.296. The van der Waals surface area contributed by atoms with E-state index in [0.717, 1.165) is 50.5 Å². The van der Waals surface area contributed by atoms with E-state index in [9.17, 15) is 4.79 Å². The molecule has 4 rings (SSSR count). The lowest BCUT2D eigenvalue weighted by atomic mass is 9.93. The van der Waals surface area contributed by atoms with Gasteiger partial charge in [-0.25, -0.2) is 4.98 Å². The Balaban J connectivity index is 1.36. The predicted molar refractivity (Wildman–Crippen MR) is 97.7 cm³/mol. The molecule has 6 heteroatoms. The molecule has 2 aliphatic rings. The van der Waals surface area contributed by atoms with Crippen LogP contribution in [0.1, 0.15) is 19.3 Å². The highest BCUT2D eigenvalue weighted by Gasteiger charge is 2.26. The molecule has 0 N–H and O–H groups in total. The molecule has 0 radical (unpaired) electrons. The van der Waals surface area contributed by atoms with E-state index in [1.165, 1.54) is 5.52 Å². The first kappa shape index (κ1) is 16.4. The van der Waals surface area contributed by atoms with Crippen LogP contribution in [0.4, 0.5) is 5.95 Å². The van der Waals surface area contributed by atoms with Gasteiger partial charge in [-0.15, -0.1) is 0 Å². The number of aryl methyl sites for hydroxylation is 1. The topological polar surface area (TPSA) is 50.6 Å². The number of anilines is 1. The highest BCUT2D eigenvalue weighted by Crippen LogP contribution is 2.27. The summed E-state index contributed by atoms with van der Waals surface area (Å²) in [5, 5.41) is 0. The summed E-state index contributed by atoms with van der Waals surface area (Å²) in [6.07, 6.45) is 2.79. The molecular weight excluding hydrogens is 316 g/mol. The van der Waals surface area contributed by atoms with E-state index >= 15 is 0 Å². The number of rotatable bonds is 3. The summed E-state index contributed by atoms with van der Waals surface area (Å²) in [7, 11) is 2.08. The average Bonchev–Trinajstić information content (AvgIpc) is 3.00. The summed E-state index contributed by atoms with van der Waals surface area (Å²) >= 11 is 0. The second-order valence-electron chi connectivity index (χ2n) is 7.09. The third kappa shape index (κ3) is 3.35. The van der Waals surface area contributed by atoms with Gasteiger partial charge in [0.1, 0.15) is 0 Å². The molecule has 0 aliphatic carbocycles. The van der Waals surface area contributed by atoms with Gasteiger partial charge in [0.25, 0.3) is 0 Å². The van der Waals surface area contributed by atoms with Crippen LogP contribution in [-0.2, 0) is 16.6 Å². The van der Waals surface area contributed by atoms with Gasteiger partial charge in [-0.2, -0.15) is 0 Å². The number of hydrogen-bond donors (Lipinski definition) is 0. The van der Waals surface area contributed by atoms with Gasteiger partial charge < -0.3 is 19.1 Å². The largest absolute Gasteiger partial charge is 0.378 e. The number of amides is 1. The van der Waals surface area contributed by atoms with E-state index < -0.39 is 0 Å². The molecule has 2 saturated heterocycles. The maximum atomic E-state index is 12.4. The Hall–Kier alpha value is -2.08. The Labute approximate surface area is 148 Å². The normalized spacial score (nSPS) is 19.6. The third-order valence-electron chi connectivity index (χ3n) is 5.49. The highest BCUT2D eigenvalue weighted by molar-refractivity contribution is 5.79. The number of piperidine rings is 1. The summed E-state index contributed by atoms with van der Waals surface area (Å²) in [6, 6.07) is 8.26. The molecule has 0 spiro atoms. The summed E-state index contributed by atoms with van der Waals surface area (Å²) < 4.78 is 7.50. The average molecular weight is 342 g/mol. The lowest BCUT2D eigenvalue weighted by molar-refractivity contribution is -0.136. The van der Waals surface area contributed by atoms with E-state index in [1.807, 2.05) is 11.0 Å². The number of para-hydroxylation sites is 2. The van der Waals surface area contributed by atoms with Crippen LogP contribution in [0.5, 0.6) is 0 Å². The van der Waals surface area contributed by atoms with E-state index in [2.05, 4.69) is 34.7 Å². The van der Waals surface area contributed by atoms with Gasteiger partial charge in [0.2, 0.25) is 11.9 Å². The second kappa shape index (κ2) is 7.04. The first-order valence-corrected chi connectivity index (χ1v) is 9.24. The molecule has 25 heavy (non-hydrogen) atoms. The van der Waals surface area contributed by atoms with Gasteiger partial charge in [-0.05, 0) is 30.9 Å². The fourth-order valence-corrected chi connectivity index (χ4v) is 3.94. The van der Waals surface area contributed by atoms with Crippen LogP contribution in [0.2, 0.25) is 0 Å². The molecule has 1 aromatic carbocycles. The van der Waals surface area contributed by atoms with Crippen molar-refractivity contribution in [2.24, 2.45) is 13.0 Å². The molecule has 1 amide bonds. The zero-order valence-electron chi connectivity index (χ0n) is 14.9. The minimum Gasteiger partial charge on any atom is -0.378 e. The number of carbonyl (C=O) groups is 1. The number of hydrogen-bond acceptors (Lipinski definition) is 4. The van der Waals surface area contributed by atoms with Crippen LogP contribution in [0, 0.1) is 5.92 Å². The van der Waals surface area contributed by atoms with Crippen molar-refractivity contribution < 1.29 is 9.53 Å². The van der Waals surface area contributed by atoms with Crippen LogP contribution < -0.4 is 4.90 Å². The number of imidazole rings is 1. The van der Waals surface area contributed by atoms with Crippen LogP contribution in [-0.4, -0.2) is 59.8 Å². The van der Waals surface area contributed by atoms with Crippen molar-refractivity contribution >= 4 is 22.9 Å². The van der Waals surface area contributed by atoms with Gasteiger partial charge in [0.15, 0.2) is 0 Å². The molecule has 2 fully saturated rings. The maximum absolute atomic E-state index is 12.4. The van der Waals surface area contributed by atoms with Crippen molar-refractivity contribution in [3.63, 3.8) is 0 Å². The summed E-state index contributed by atoms with van der Waals surface area (Å²) in [6.45, 7) is 4.79. The Morgan fingerprint density at radius 1 is 1.16 bits per heavy atom. The fourth-order valence-electron chi connectivity index (χ4n) is 3.94. The SMILES string of the molecule is Cn1c(N2CCC(CC(=O)N3CCOCC3)CC2)nc2ccccc21. The number of morpholine rings is 1. The van der Waals surface area contributed by atoms with Crippen molar-refractivity contribution in [1.82, 2.24) is 14.5 Å². The smallest absolute Gasteiger partial charge is 0.223 e. The number of nitrogens with zero attached hydrogens (tertiary/aromatic N) is 4. The van der Waals surface area contributed by atoms with Crippen LogP contribution in [0.3, 0.4) is 0 Å². The van der Waals surface area contributed by atoms with Gasteiger partial charge >= 0.3 is 0 Å². The molecule has 0 atom stereocenters. The zero-order chi connectivity index (χ0) is 17.2. The number of carbonyl (C=O) groups excluding carboxylic acids is 1. The molecule has 3 heterocycles. The fraction of sp³-hybridized carbons (Fsp3) is 0.579. The standard InChI is InChI=1S/C19H26N4O2/c1-21-17-5-3-2-4-16(17)20-19(21)23-8-6-15(7-9-23)14-18(24)22-10-12-25-13-11-22/h2-5,15H,6-14H2,1H3. The lowest BCUT2D eigenvalue weighted by Crippen LogP contribution is -2.42. The molecule has 2 aliphatic heterocycles. The predicted octanol–water partition coefficient (Wildman–Crippen LogP) is 2.04. The number of aromatic nitrogens is 2. The summed E-state index contributed by atoms with van der Waals surface area (Å²) in [4.78, 5) is 21.5. The molecule has 2 aromatic rings. The number of fused-ring (bicyclic) bond motifs is 1. The van der Waals surface area contributed by atoms with Crippen LogP contribution >= 0.6 is 0 Å². The third-order valence-corrected chi connectivity index (χ3v) is 5.49. The van der Waals surface area contributed by atoms with Gasteiger partial charge in [0, 0.05) is 39.6 Å². The molecule has 6 nitrogen and oxygen atoms in total. The van der Waals surface area contributed by atoms with E-state index in [1.54, 1.807) is 0 Å². The first-order valence-electron chi connectivity index (χ1n) is 9.24. The van der Waals surface area contributed by atoms with Crippen molar-refractivity contribution in [3.8, 4) is 0 Å². The Kier molecular flexibility index (Phi) is 4.61. The van der Waals surface area contributed by atoms with Crippen molar-refractivity contribution in [2.45, 2.75) is 19.3 Å². The van der Waals surface area contributed by atoms with Gasteiger partial charge in [0.05, 0.1) is 24.2 Å². The van der Waals surface area contributed by atoms with Crippen LogP contribution in [0.25, 0.3) is 11.0 Å². The van der Waals surface area contributed by atoms with E-state index in [4.69, 9.17) is 9.72 Å². The summed E-state index contributed by atoms with van der Waals surface area (Å²) in [5.41, 5.74) is 2.21. The number of benzene rings is 1. The van der Waals surface area contributed by atoms with Gasteiger partial charge in [-0.3, -0.25) is 4.79 Å². The van der Waals surface area contributed by atoms with Crippen molar-refractivity contribution in [3.05, 3.63) is 24.3 Å². The minimum absolute atomic E-state index is 0.296. The zero-order valence-corrected chi connectivity index (χ0v) is 14.9. The lowest BCUT2D eigenvalue weighted by Gasteiger charge is -2.34.